The van der Waals surface area contributed by atoms with Crippen LogP contribution in [0.3, 0.4) is 0 Å². The lowest BCUT2D eigenvalue weighted by Gasteiger charge is -2.27. The van der Waals surface area contributed by atoms with Gasteiger partial charge in [-0.3, -0.25) is 9.36 Å². The molecule has 0 spiro atoms. The first-order valence-electron chi connectivity index (χ1n) is 12.9. The molecule has 0 radical (unpaired) electrons. The van der Waals surface area contributed by atoms with E-state index in [9.17, 15) is 9.59 Å². The minimum Gasteiger partial charge on any atom is -0.496 e. The summed E-state index contributed by atoms with van der Waals surface area (Å²) in [6, 6.07) is 14.3. The minimum absolute atomic E-state index is 0.181. The average molecular weight is 575 g/mol. The Morgan fingerprint density at radius 2 is 1.66 bits per heavy atom. The third-order valence-corrected chi connectivity index (χ3v) is 7.91. The fourth-order valence-electron chi connectivity index (χ4n) is 5.14. The number of fused-ring (bicyclic) bond motifs is 2. The van der Waals surface area contributed by atoms with Crippen LogP contribution in [0.4, 0.5) is 0 Å². The van der Waals surface area contributed by atoms with Crippen molar-refractivity contribution in [2.45, 2.75) is 19.9 Å². The second kappa shape index (κ2) is 11.5. The maximum atomic E-state index is 14.2. The molecule has 0 saturated carbocycles. The Kier molecular flexibility index (Phi) is 7.85. The van der Waals surface area contributed by atoms with Crippen LogP contribution >= 0.6 is 11.3 Å². The monoisotopic (exact) mass is 574 g/mol. The number of hydrogen-bond acceptors (Lipinski definition) is 9. The van der Waals surface area contributed by atoms with Gasteiger partial charge >= 0.3 is 5.97 Å². The first-order valence-corrected chi connectivity index (χ1v) is 13.7. The molecule has 5 rings (SSSR count). The molecule has 9 nitrogen and oxygen atoms in total. The highest BCUT2D eigenvalue weighted by Crippen LogP contribution is 2.41. The van der Waals surface area contributed by atoms with Crippen molar-refractivity contribution in [3.05, 3.63) is 90.6 Å². The number of carbonyl (C=O) groups is 1. The second-order valence-electron chi connectivity index (χ2n) is 9.16. The summed E-state index contributed by atoms with van der Waals surface area (Å²) < 4.78 is 29.6. The highest BCUT2D eigenvalue weighted by molar-refractivity contribution is 7.07. The number of rotatable bonds is 8. The summed E-state index contributed by atoms with van der Waals surface area (Å²) in [5.41, 5.74) is 1.81. The van der Waals surface area contributed by atoms with Crippen LogP contribution in [0.25, 0.3) is 16.8 Å². The fraction of sp³-hybridized carbons (Fsp3) is 0.258. The average Bonchev–Trinajstić information content (AvgIpc) is 3.28. The predicted octanol–water partition coefficient (Wildman–Crippen LogP) is 3.99. The molecular formula is C31H30N2O7S. The predicted molar refractivity (Wildman–Crippen MR) is 157 cm³/mol. The van der Waals surface area contributed by atoms with Gasteiger partial charge in [-0.25, -0.2) is 9.79 Å². The van der Waals surface area contributed by atoms with Gasteiger partial charge in [0.2, 0.25) is 5.75 Å². The molecule has 0 aliphatic carbocycles. The molecule has 212 valence electrons. The third kappa shape index (κ3) is 4.84. The number of methoxy groups -OCH3 is 4. The number of aromatic nitrogens is 1. The lowest BCUT2D eigenvalue weighted by atomic mass is 9.90. The summed E-state index contributed by atoms with van der Waals surface area (Å²) in [7, 11) is 6.17. The maximum absolute atomic E-state index is 14.2. The van der Waals surface area contributed by atoms with Crippen LogP contribution in [-0.2, 0) is 9.53 Å². The Labute approximate surface area is 240 Å². The van der Waals surface area contributed by atoms with Crippen molar-refractivity contribution in [1.29, 1.82) is 0 Å². The maximum Gasteiger partial charge on any atom is 0.338 e. The van der Waals surface area contributed by atoms with Crippen molar-refractivity contribution in [2.75, 3.05) is 35.0 Å². The van der Waals surface area contributed by atoms with E-state index >= 15 is 0 Å². The summed E-state index contributed by atoms with van der Waals surface area (Å²) in [5.74, 6) is 1.39. The molecular weight excluding hydrogens is 544 g/mol. The van der Waals surface area contributed by atoms with E-state index in [1.165, 1.54) is 32.7 Å². The van der Waals surface area contributed by atoms with Crippen LogP contribution in [0, 0.1) is 0 Å². The van der Waals surface area contributed by atoms with Crippen molar-refractivity contribution in [3.8, 4) is 23.0 Å². The molecule has 0 N–H and O–H groups in total. The molecule has 10 heteroatoms. The number of carbonyl (C=O) groups excluding carboxylic acids is 1. The van der Waals surface area contributed by atoms with Gasteiger partial charge in [0.25, 0.3) is 5.56 Å². The molecule has 0 amide bonds. The van der Waals surface area contributed by atoms with Crippen LogP contribution in [-0.4, -0.2) is 45.6 Å². The molecule has 1 aliphatic heterocycles. The van der Waals surface area contributed by atoms with Gasteiger partial charge in [0.1, 0.15) is 11.8 Å². The molecule has 0 fully saturated rings. The molecule has 2 heterocycles. The number of ether oxygens (including phenoxy) is 5. The van der Waals surface area contributed by atoms with Crippen LogP contribution in [0.2, 0.25) is 0 Å². The van der Waals surface area contributed by atoms with Crippen molar-refractivity contribution in [2.24, 2.45) is 4.99 Å². The van der Waals surface area contributed by atoms with Gasteiger partial charge in [0, 0.05) is 5.56 Å². The van der Waals surface area contributed by atoms with Crippen LogP contribution < -0.4 is 33.8 Å². The van der Waals surface area contributed by atoms with E-state index in [0.717, 1.165) is 10.8 Å². The van der Waals surface area contributed by atoms with E-state index in [-0.39, 0.29) is 17.7 Å². The number of benzene rings is 3. The lowest BCUT2D eigenvalue weighted by Crippen LogP contribution is -2.40. The minimum atomic E-state index is -0.826. The molecule has 3 aromatic carbocycles. The largest absolute Gasteiger partial charge is 0.496 e. The Bertz CT molecular complexity index is 1840. The fourth-order valence-corrected chi connectivity index (χ4v) is 6.18. The summed E-state index contributed by atoms with van der Waals surface area (Å²) in [6.45, 7) is 3.68. The quantitative estimate of drug-likeness (QED) is 0.294. The van der Waals surface area contributed by atoms with E-state index in [2.05, 4.69) is 4.99 Å². The summed E-state index contributed by atoms with van der Waals surface area (Å²) in [5, 5.41) is 1.80. The van der Waals surface area contributed by atoms with Crippen molar-refractivity contribution < 1.29 is 28.5 Å². The Hall–Kier alpha value is -4.57. The standard InChI is InChI=1S/C31H30N2O7S/c1-7-40-30(35)25-17(2)32-31-33(27(25)26-20-11-9-8-10-19(20)12-13-21(26)36-3)29(34)24(41-31)16-18-14-22(37-4)28(39-6)23(15-18)38-5/h8-16,27H,7H2,1-6H3/b24-16+. The third-order valence-electron chi connectivity index (χ3n) is 6.93. The van der Waals surface area contributed by atoms with E-state index in [4.69, 9.17) is 23.7 Å². The van der Waals surface area contributed by atoms with Crippen LogP contribution in [0.1, 0.15) is 31.0 Å². The SMILES string of the molecule is CCOC(=O)C1=C(C)N=c2s/c(=C/c3cc(OC)c(OC)c(OC)c3)c(=O)n2C1c1c(OC)ccc2ccccc12. The number of allylic oxidation sites excluding steroid dienone is 1. The smallest absolute Gasteiger partial charge is 0.338 e. The first kappa shape index (κ1) is 28.0. The Balaban J connectivity index is 1.82. The molecule has 0 bridgehead atoms. The van der Waals surface area contributed by atoms with Crippen LogP contribution in [0.5, 0.6) is 23.0 Å². The van der Waals surface area contributed by atoms with E-state index in [0.29, 0.717) is 49.2 Å². The molecule has 1 aliphatic rings. The number of esters is 1. The topological polar surface area (TPSA) is 97.6 Å². The van der Waals surface area contributed by atoms with E-state index in [1.54, 1.807) is 43.7 Å². The van der Waals surface area contributed by atoms with Gasteiger partial charge in [-0.1, -0.05) is 41.7 Å². The van der Waals surface area contributed by atoms with E-state index < -0.39 is 12.0 Å². The summed E-state index contributed by atoms with van der Waals surface area (Å²) in [6.07, 6.45) is 1.75. The summed E-state index contributed by atoms with van der Waals surface area (Å²) in [4.78, 5) is 32.7. The zero-order chi connectivity index (χ0) is 29.3. The number of thiazole rings is 1. The lowest BCUT2D eigenvalue weighted by molar-refractivity contribution is -0.139. The summed E-state index contributed by atoms with van der Waals surface area (Å²) >= 11 is 1.23. The number of nitrogens with zero attached hydrogens (tertiary/aromatic N) is 2. The second-order valence-corrected chi connectivity index (χ2v) is 10.2. The zero-order valence-electron chi connectivity index (χ0n) is 23.6. The molecule has 41 heavy (non-hydrogen) atoms. The molecule has 4 aromatic rings. The van der Waals surface area contributed by atoms with Gasteiger partial charge in [0.05, 0.1) is 50.8 Å². The van der Waals surface area contributed by atoms with E-state index in [1.807, 2.05) is 36.4 Å². The van der Waals surface area contributed by atoms with Gasteiger partial charge in [0.15, 0.2) is 16.3 Å². The normalized spacial score (nSPS) is 14.9. The Morgan fingerprint density at radius 3 is 2.29 bits per heavy atom. The highest BCUT2D eigenvalue weighted by atomic mass is 32.1. The van der Waals surface area contributed by atoms with Gasteiger partial charge < -0.3 is 23.7 Å². The van der Waals surface area contributed by atoms with Crippen LogP contribution in [0.15, 0.2) is 69.6 Å². The van der Waals surface area contributed by atoms with Gasteiger partial charge in [-0.2, -0.15) is 0 Å². The first-order chi connectivity index (χ1) is 19.9. The Morgan fingerprint density at radius 1 is 0.976 bits per heavy atom. The van der Waals surface area contributed by atoms with Crippen molar-refractivity contribution in [1.82, 2.24) is 4.57 Å². The molecule has 1 aromatic heterocycles. The highest BCUT2D eigenvalue weighted by Gasteiger charge is 2.36. The molecule has 0 saturated heterocycles. The van der Waals surface area contributed by atoms with Crippen molar-refractivity contribution in [3.63, 3.8) is 0 Å². The van der Waals surface area contributed by atoms with Gasteiger partial charge in [-0.15, -0.1) is 0 Å². The van der Waals surface area contributed by atoms with Crippen molar-refractivity contribution >= 4 is 34.2 Å². The molecule has 1 atom stereocenters. The number of hydrogen-bond donors (Lipinski definition) is 0. The molecule has 1 unspecified atom stereocenters. The van der Waals surface area contributed by atoms with Gasteiger partial charge in [-0.05, 0) is 54.5 Å². The zero-order valence-corrected chi connectivity index (χ0v) is 24.5.